The molecule has 2 aromatic heterocycles. The lowest BCUT2D eigenvalue weighted by Gasteiger charge is -2.23. The van der Waals surface area contributed by atoms with Gasteiger partial charge in [-0.25, -0.2) is 4.98 Å². The molecule has 3 N–H and O–H groups in total. The molecule has 3 aromatic rings. The Balaban J connectivity index is 1.45. The standard InChI is InChI=1S/C26H32N4O4/c1-16-10-20(14-28-25(16)31)24-29-21-12-19(13-27-22(26(32)33)11-17-2-3-17)4-5-23(21)30(24)15-18-6-8-34-9-7-18/h4-5,10,12,14,17-18,22,27H,2-3,6-9,11,13,15H2,1H3,(H,28,31)(H,32,33). The molecule has 8 nitrogen and oxygen atoms in total. The topological polar surface area (TPSA) is 109 Å². The number of nitrogens with zero attached hydrogens (tertiary/aromatic N) is 2. The molecule has 34 heavy (non-hydrogen) atoms. The summed E-state index contributed by atoms with van der Waals surface area (Å²) < 4.78 is 7.80. The Morgan fingerprint density at radius 1 is 1.24 bits per heavy atom. The monoisotopic (exact) mass is 464 g/mol. The van der Waals surface area contributed by atoms with Crippen LogP contribution >= 0.6 is 0 Å². The number of pyridine rings is 1. The second-order valence-corrected chi connectivity index (χ2v) is 9.78. The highest BCUT2D eigenvalue weighted by atomic mass is 16.5. The number of H-pyrrole nitrogens is 1. The van der Waals surface area contributed by atoms with E-state index in [1.54, 1.807) is 13.1 Å². The maximum atomic E-state index is 11.9. The van der Waals surface area contributed by atoms with Crippen molar-refractivity contribution < 1.29 is 14.6 Å². The summed E-state index contributed by atoms with van der Waals surface area (Å²) in [5.74, 6) is 1.10. The number of aromatic nitrogens is 3. The van der Waals surface area contributed by atoms with Crippen LogP contribution in [-0.2, 0) is 22.6 Å². The first-order valence-corrected chi connectivity index (χ1v) is 12.2. The number of ether oxygens (including phenoxy) is 1. The largest absolute Gasteiger partial charge is 0.480 e. The van der Waals surface area contributed by atoms with E-state index in [4.69, 9.17) is 9.72 Å². The van der Waals surface area contributed by atoms with Crippen molar-refractivity contribution >= 4 is 17.0 Å². The van der Waals surface area contributed by atoms with Crippen molar-refractivity contribution in [1.82, 2.24) is 19.9 Å². The molecule has 1 aliphatic heterocycles. The Kier molecular flexibility index (Phi) is 6.52. The number of benzene rings is 1. The molecule has 2 aliphatic rings. The maximum absolute atomic E-state index is 11.9. The Bertz CT molecular complexity index is 1240. The zero-order valence-corrected chi connectivity index (χ0v) is 19.5. The SMILES string of the molecule is Cc1cc(-c2nc3cc(CNC(CC4CC4)C(=O)O)ccc3n2CC2CCOCC2)c[nH]c1=O. The number of hydrogen-bond acceptors (Lipinski definition) is 5. The van der Waals surface area contributed by atoms with Gasteiger partial charge in [0.05, 0.1) is 11.0 Å². The second kappa shape index (κ2) is 9.72. The number of fused-ring (bicyclic) bond motifs is 1. The third-order valence-corrected chi connectivity index (χ3v) is 7.06. The van der Waals surface area contributed by atoms with E-state index in [-0.39, 0.29) is 5.56 Å². The predicted octanol–water partition coefficient (Wildman–Crippen LogP) is 3.47. The lowest BCUT2D eigenvalue weighted by atomic mass is 10.00. The molecule has 5 rings (SSSR count). The van der Waals surface area contributed by atoms with Crippen LogP contribution in [0.5, 0.6) is 0 Å². The first kappa shape index (κ1) is 22.8. The van der Waals surface area contributed by atoms with Gasteiger partial charge in [0, 0.05) is 43.6 Å². The molecule has 1 aliphatic carbocycles. The van der Waals surface area contributed by atoms with Gasteiger partial charge in [-0.2, -0.15) is 0 Å². The highest BCUT2D eigenvalue weighted by Gasteiger charge is 2.29. The first-order chi connectivity index (χ1) is 16.5. The van der Waals surface area contributed by atoms with Crippen LogP contribution < -0.4 is 10.9 Å². The van der Waals surface area contributed by atoms with Gasteiger partial charge in [-0.05, 0) is 61.8 Å². The fourth-order valence-corrected chi connectivity index (χ4v) is 4.80. The molecule has 0 spiro atoms. The minimum Gasteiger partial charge on any atom is -0.480 e. The van der Waals surface area contributed by atoms with Gasteiger partial charge in [-0.3, -0.25) is 9.59 Å². The maximum Gasteiger partial charge on any atom is 0.320 e. The van der Waals surface area contributed by atoms with Gasteiger partial charge in [-0.15, -0.1) is 0 Å². The van der Waals surface area contributed by atoms with Gasteiger partial charge in [0.15, 0.2) is 0 Å². The van der Waals surface area contributed by atoms with Crippen LogP contribution in [0.3, 0.4) is 0 Å². The van der Waals surface area contributed by atoms with Crippen LogP contribution in [0.15, 0.2) is 35.3 Å². The minimum absolute atomic E-state index is 0.0941. The van der Waals surface area contributed by atoms with Gasteiger partial charge in [0.1, 0.15) is 11.9 Å². The summed E-state index contributed by atoms with van der Waals surface area (Å²) in [6, 6.07) is 7.54. The van der Waals surface area contributed by atoms with Crippen LogP contribution in [0.4, 0.5) is 0 Å². The molecular formula is C26H32N4O4. The molecule has 1 atom stereocenters. The number of carbonyl (C=O) groups is 1. The number of aryl methyl sites for hydroxylation is 1. The lowest BCUT2D eigenvalue weighted by Crippen LogP contribution is -2.36. The zero-order chi connectivity index (χ0) is 23.7. The zero-order valence-electron chi connectivity index (χ0n) is 19.5. The highest BCUT2D eigenvalue weighted by Crippen LogP contribution is 2.34. The van der Waals surface area contributed by atoms with Crippen LogP contribution in [0.2, 0.25) is 0 Å². The molecular weight excluding hydrogens is 432 g/mol. The Morgan fingerprint density at radius 2 is 2.03 bits per heavy atom. The highest BCUT2D eigenvalue weighted by molar-refractivity contribution is 5.81. The van der Waals surface area contributed by atoms with E-state index in [1.807, 2.05) is 12.1 Å². The second-order valence-electron chi connectivity index (χ2n) is 9.78. The van der Waals surface area contributed by atoms with Gasteiger partial charge < -0.3 is 24.7 Å². The Labute approximate surface area is 198 Å². The molecule has 1 aromatic carbocycles. The minimum atomic E-state index is -0.788. The fourth-order valence-electron chi connectivity index (χ4n) is 4.80. The molecule has 2 fully saturated rings. The summed E-state index contributed by atoms with van der Waals surface area (Å²) in [6.07, 6.45) is 6.72. The first-order valence-electron chi connectivity index (χ1n) is 12.2. The van der Waals surface area contributed by atoms with Gasteiger partial charge >= 0.3 is 5.97 Å². The van der Waals surface area contributed by atoms with Crippen molar-refractivity contribution in [3.8, 4) is 11.4 Å². The molecule has 1 saturated carbocycles. The molecule has 8 heteroatoms. The Morgan fingerprint density at radius 3 is 2.74 bits per heavy atom. The third kappa shape index (κ3) is 5.08. The quantitative estimate of drug-likeness (QED) is 0.447. The lowest BCUT2D eigenvalue weighted by molar-refractivity contribution is -0.139. The van der Waals surface area contributed by atoms with E-state index in [0.717, 1.165) is 73.4 Å². The molecule has 0 bridgehead atoms. The summed E-state index contributed by atoms with van der Waals surface area (Å²) in [5.41, 5.74) is 4.37. The van der Waals surface area contributed by atoms with Crippen molar-refractivity contribution in [3.63, 3.8) is 0 Å². The molecule has 0 amide bonds. The predicted molar refractivity (Wildman–Crippen MR) is 130 cm³/mol. The molecule has 3 heterocycles. The molecule has 1 unspecified atom stereocenters. The fraction of sp³-hybridized carbons (Fsp3) is 0.500. The van der Waals surface area contributed by atoms with Crippen molar-refractivity contribution in [1.29, 1.82) is 0 Å². The number of aliphatic carboxylic acids is 1. The smallest absolute Gasteiger partial charge is 0.320 e. The van der Waals surface area contributed by atoms with Crippen molar-refractivity contribution in [3.05, 3.63) is 51.9 Å². The number of aromatic amines is 1. The van der Waals surface area contributed by atoms with E-state index in [9.17, 15) is 14.7 Å². The average Bonchev–Trinajstić information content (AvgIpc) is 3.59. The van der Waals surface area contributed by atoms with E-state index < -0.39 is 12.0 Å². The summed E-state index contributed by atoms with van der Waals surface area (Å²) in [7, 11) is 0. The number of imidazole rings is 1. The summed E-state index contributed by atoms with van der Waals surface area (Å²) in [4.78, 5) is 31.3. The normalized spacial score (nSPS) is 17.8. The van der Waals surface area contributed by atoms with Crippen LogP contribution in [-0.4, -0.2) is 44.9 Å². The molecule has 180 valence electrons. The average molecular weight is 465 g/mol. The van der Waals surface area contributed by atoms with E-state index in [2.05, 4.69) is 27.0 Å². The molecule has 0 radical (unpaired) electrons. The molecule has 1 saturated heterocycles. The summed E-state index contributed by atoms with van der Waals surface area (Å²) >= 11 is 0. The van der Waals surface area contributed by atoms with Gasteiger partial charge in [0.2, 0.25) is 0 Å². The number of hydrogen-bond donors (Lipinski definition) is 3. The van der Waals surface area contributed by atoms with Crippen LogP contribution in [0, 0.1) is 18.8 Å². The Hall–Kier alpha value is -2.97. The number of carboxylic acid groups (broad SMARTS) is 1. The van der Waals surface area contributed by atoms with E-state index in [0.29, 0.717) is 30.4 Å². The number of rotatable bonds is 9. The number of carboxylic acids is 1. The van der Waals surface area contributed by atoms with Crippen LogP contribution in [0.1, 0.15) is 43.2 Å². The summed E-state index contributed by atoms with van der Waals surface area (Å²) in [6.45, 7) is 4.70. The van der Waals surface area contributed by atoms with Crippen molar-refractivity contribution in [2.75, 3.05) is 13.2 Å². The van der Waals surface area contributed by atoms with E-state index >= 15 is 0 Å². The van der Waals surface area contributed by atoms with Crippen LogP contribution in [0.25, 0.3) is 22.4 Å². The summed E-state index contributed by atoms with van der Waals surface area (Å²) in [5, 5.41) is 12.8. The van der Waals surface area contributed by atoms with Crippen molar-refractivity contribution in [2.24, 2.45) is 11.8 Å². The van der Waals surface area contributed by atoms with Crippen molar-refractivity contribution in [2.45, 2.75) is 58.2 Å². The van der Waals surface area contributed by atoms with Gasteiger partial charge in [-0.1, -0.05) is 18.9 Å². The van der Waals surface area contributed by atoms with Gasteiger partial charge in [0.25, 0.3) is 5.56 Å². The third-order valence-electron chi connectivity index (χ3n) is 7.06. The number of nitrogens with one attached hydrogen (secondary N) is 2. The van der Waals surface area contributed by atoms with E-state index in [1.165, 1.54) is 0 Å².